The average Bonchev–Trinajstić information content (AvgIpc) is 2.26. The van der Waals surface area contributed by atoms with Crippen LogP contribution >= 0.6 is 0 Å². The number of carbonyl (C=O) groups is 3. The molecule has 0 aliphatic rings. The van der Waals surface area contributed by atoms with E-state index in [1.165, 1.54) is 19.0 Å². The van der Waals surface area contributed by atoms with E-state index in [1.807, 2.05) is 0 Å². The van der Waals surface area contributed by atoms with Gasteiger partial charge in [0.2, 0.25) is 11.8 Å². The Morgan fingerprint density at radius 3 is 1.89 bits per heavy atom. The Balaban J connectivity index is 5.06. The fourth-order valence-electron chi connectivity index (χ4n) is 1.86. The van der Waals surface area contributed by atoms with Crippen LogP contribution in [0.3, 0.4) is 0 Å². The molecule has 7 heteroatoms. The van der Waals surface area contributed by atoms with Gasteiger partial charge in [-0.05, 0) is 12.8 Å². The largest absolute Gasteiger partial charge is 0.480 e. The van der Waals surface area contributed by atoms with Gasteiger partial charge in [-0.15, -0.1) is 0 Å². The topological polar surface area (TPSA) is 104 Å². The summed E-state index contributed by atoms with van der Waals surface area (Å²) in [5.41, 5.74) is 5.52. The predicted octanol–water partition coefficient (Wildman–Crippen LogP) is -0.640. The molecule has 0 aromatic heterocycles. The van der Waals surface area contributed by atoms with Crippen LogP contribution in [0.25, 0.3) is 0 Å². The first kappa shape index (κ1) is 17.4. The van der Waals surface area contributed by atoms with E-state index >= 15 is 0 Å². The van der Waals surface area contributed by atoms with Crippen molar-refractivity contribution < 1.29 is 19.5 Å². The molecular formula is C12H23N3O4. The Morgan fingerprint density at radius 2 is 1.58 bits per heavy atom. The molecule has 0 unspecified atom stereocenters. The maximum Gasteiger partial charge on any atom is 0.323 e. The number of carboxylic acids is 1. The second-order valence-electron chi connectivity index (χ2n) is 5.01. The van der Waals surface area contributed by atoms with Crippen molar-refractivity contribution in [3.05, 3.63) is 0 Å². The SMILES string of the molecule is CC(C)[C@@H](C(=O)N(C)CC(=O)O)N(C)C(=O)[C@H](C)N. The maximum atomic E-state index is 12.2. The number of amides is 2. The molecule has 0 rings (SSSR count). The van der Waals surface area contributed by atoms with Crippen molar-refractivity contribution in [1.82, 2.24) is 9.80 Å². The van der Waals surface area contributed by atoms with Crippen LogP contribution in [0.5, 0.6) is 0 Å². The van der Waals surface area contributed by atoms with Gasteiger partial charge >= 0.3 is 5.97 Å². The number of nitrogens with zero attached hydrogens (tertiary/aromatic N) is 2. The monoisotopic (exact) mass is 273 g/mol. The summed E-state index contributed by atoms with van der Waals surface area (Å²) in [4.78, 5) is 37.1. The summed E-state index contributed by atoms with van der Waals surface area (Å²) in [5.74, 6) is -2.00. The summed E-state index contributed by atoms with van der Waals surface area (Å²) in [5, 5.41) is 8.69. The summed E-state index contributed by atoms with van der Waals surface area (Å²) in [6, 6.07) is -1.42. The number of likely N-dealkylation sites (N-methyl/N-ethyl adjacent to an activating group) is 2. The van der Waals surface area contributed by atoms with Gasteiger partial charge in [0.25, 0.3) is 0 Å². The van der Waals surface area contributed by atoms with Gasteiger partial charge in [0.1, 0.15) is 12.6 Å². The van der Waals surface area contributed by atoms with Gasteiger partial charge in [0.15, 0.2) is 0 Å². The third-order valence-electron chi connectivity index (χ3n) is 2.79. The molecule has 0 radical (unpaired) electrons. The number of hydrogen-bond acceptors (Lipinski definition) is 4. The molecule has 0 aliphatic carbocycles. The van der Waals surface area contributed by atoms with Crippen LogP contribution in [-0.2, 0) is 14.4 Å². The van der Waals surface area contributed by atoms with E-state index in [0.717, 1.165) is 4.90 Å². The van der Waals surface area contributed by atoms with Gasteiger partial charge in [0.05, 0.1) is 6.04 Å². The normalized spacial score (nSPS) is 13.8. The molecule has 0 fully saturated rings. The summed E-state index contributed by atoms with van der Waals surface area (Å²) in [6.07, 6.45) is 0. The molecule has 0 aromatic rings. The highest BCUT2D eigenvalue weighted by atomic mass is 16.4. The van der Waals surface area contributed by atoms with Crippen molar-refractivity contribution in [1.29, 1.82) is 0 Å². The minimum atomic E-state index is -1.10. The molecule has 19 heavy (non-hydrogen) atoms. The molecule has 0 aromatic carbocycles. The fourth-order valence-corrected chi connectivity index (χ4v) is 1.86. The quantitative estimate of drug-likeness (QED) is 0.670. The number of rotatable bonds is 6. The molecule has 7 nitrogen and oxygen atoms in total. The zero-order chi connectivity index (χ0) is 15.3. The van der Waals surface area contributed by atoms with Gasteiger partial charge in [0, 0.05) is 14.1 Å². The van der Waals surface area contributed by atoms with Crippen molar-refractivity contribution in [2.24, 2.45) is 11.7 Å². The Morgan fingerprint density at radius 1 is 1.11 bits per heavy atom. The fraction of sp³-hybridized carbons (Fsp3) is 0.750. The molecule has 0 heterocycles. The van der Waals surface area contributed by atoms with Crippen LogP contribution in [-0.4, -0.2) is 65.4 Å². The summed E-state index contributed by atoms with van der Waals surface area (Å²) in [6.45, 7) is 4.73. The summed E-state index contributed by atoms with van der Waals surface area (Å²) in [7, 11) is 2.90. The first-order valence-electron chi connectivity index (χ1n) is 6.08. The lowest BCUT2D eigenvalue weighted by Crippen LogP contribution is -2.54. The minimum absolute atomic E-state index is 0.142. The third-order valence-corrected chi connectivity index (χ3v) is 2.79. The van der Waals surface area contributed by atoms with Crippen LogP contribution < -0.4 is 5.73 Å². The second kappa shape index (κ2) is 7.08. The van der Waals surface area contributed by atoms with Gasteiger partial charge in [-0.1, -0.05) is 13.8 Å². The zero-order valence-corrected chi connectivity index (χ0v) is 12.1. The Bertz CT molecular complexity index is 355. The van der Waals surface area contributed by atoms with E-state index in [9.17, 15) is 14.4 Å². The van der Waals surface area contributed by atoms with Crippen molar-refractivity contribution >= 4 is 17.8 Å². The first-order valence-corrected chi connectivity index (χ1v) is 6.08. The Kier molecular flexibility index (Phi) is 6.47. The molecule has 0 saturated carbocycles. The highest BCUT2D eigenvalue weighted by Gasteiger charge is 2.33. The molecule has 0 aliphatic heterocycles. The van der Waals surface area contributed by atoms with Gasteiger partial charge in [-0.3, -0.25) is 14.4 Å². The van der Waals surface area contributed by atoms with Crippen LogP contribution in [0.4, 0.5) is 0 Å². The van der Waals surface area contributed by atoms with Crippen LogP contribution in [0.1, 0.15) is 20.8 Å². The predicted molar refractivity (Wildman–Crippen MR) is 70.3 cm³/mol. The third kappa shape index (κ3) is 4.86. The first-order chi connectivity index (χ1) is 8.59. The van der Waals surface area contributed by atoms with Gasteiger partial charge in [-0.25, -0.2) is 0 Å². The van der Waals surface area contributed by atoms with E-state index < -0.39 is 30.5 Å². The molecule has 0 spiro atoms. The second-order valence-corrected chi connectivity index (χ2v) is 5.01. The van der Waals surface area contributed by atoms with Crippen molar-refractivity contribution in [3.63, 3.8) is 0 Å². The smallest absolute Gasteiger partial charge is 0.323 e. The molecular weight excluding hydrogens is 250 g/mol. The Hall–Kier alpha value is -1.63. The number of hydrogen-bond donors (Lipinski definition) is 2. The highest BCUT2D eigenvalue weighted by molar-refractivity contribution is 5.90. The molecule has 3 N–H and O–H groups in total. The molecule has 0 bridgehead atoms. The van der Waals surface area contributed by atoms with Gasteiger partial charge < -0.3 is 20.6 Å². The molecule has 0 saturated heterocycles. The van der Waals surface area contributed by atoms with Crippen molar-refractivity contribution in [2.75, 3.05) is 20.6 Å². The Labute approximate surface area is 113 Å². The van der Waals surface area contributed by atoms with Crippen LogP contribution in [0.15, 0.2) is 0 Å². The van der Waals surface area contributed by atoms with Gasteiger partial charge in [-0.2, -0.15) is 0 Å². The summed E-state index contributed by atoms with van der Waals surface area (Å²) >= 11 is 0. The molecule has 2 atom stereocenters. The minimum Gasteiger partial charge on any atom is -0.480 e. The van der Waals surface area contributed by atoms with E-state index in [1.54, 1.807) is 20.8 Å². The lowest BCUT2D eigenvalue weighted by molar-refractivity contribution is -0.149. The standard InChI is InChI=1S/C12H23N3O4/c1-7(2)10(15(5)11(18)8(3)13)12(19)14(4)6-9(16)17/h7-8,10H,6,13H2,1-5H3,(H,16,17)/t8-,10-/m0/s1. The lowest BCUT2D eigenvalue weighted by atomic mass is 10.0. The van der Waals surface area contributed by atoms with Crippen LogP contribution in [0, 0.1) is 5.92 Å². The van der Waals surface area contributed by atoms with E-state index in [0.29, 0.717) is 0 Å². The summed E-state index contributed by atoms with van der Waals surface area (Å²) < 4.78 is 0. The molecule has 110 valence electrons. The highest BCUT2D eigenvalue weighted by Crippen LogP contribution is 2.13. The number of aliphatic carboxylic acids is 1. The molecule has 2 amide bonds. The van der Waals surface area contributed by atoms with E-state index in [2.05, 4.69) is 0 Å². The van der Waals surface area contributed by atoms with Crippen LogP contribution in [0.2, 0.25) is 0 Å². The van der Waals surface area contributed by atoms with E-state index in [4.69, 9.17) is 10.8 Å². The maximum absolute atomic E-state index is 12.2. The van der Waals surface area contributed by atoms with Crippen molar-refractivity contribution in [3.8, 4) is 0 Å². The number of carboxylic acid groups (broad SMARTS) is 1. The number of nitrogens with two attached hydrogens (primary N) is 1. The zero-order valence-electron chi connectivity index (χ0n) is 12.1. The average molecular weight is 273 g/mol. The lowest BCUT2D eigenvalue weighted by Gasteiger charge is -2.33. The van der Waals surface area contributed by atoms with Crippen molar-refractivity contribution in [2.45, 2.75) is 32.9 Å². The number of carbonyl (C=O) groups excluding carboxylic acids is 2. The van der Waals surface area contributed by atoms with E-state index in [-0.39, 0.29) is 11.8 Å².